The molecule has 5 nitrogen and oxygen atoms in total. The summed E-state index contributed by atoms with van der Waals surface area (Å²) >= 11 is 0. The smallest absolute Gasteiger partial charge is 0.325 e. The van der Waals surface area contributed by atoms with E-state index in [1.54, 1.807) is 20.8 Å². The van der Waals surface area contributed by atoms with Gasteiger partial charge in [0.15, 0.2) is 0 Å². The molecule has 0 fully saturated rings. The number of ether oxygens (including phenoxy) is 2. The van der Waals surface area contributed by atoms with Gasteiger partial charge in [-0.25, -0.2) is 8.78 Å². The van der Waals surface area contributed by atoms with E-state index in [0.29, 0.717) is 0 Å². The molecule has 1 amide bonds. The van der Waals surface area contributed by atoms with Crippen LogP contribution in [0.25, 0.3) is 0 Å². The summed E-state index contributed by atoms with van der Waals surface area (Å²) in [5, 5.41) is 0. The summed E-state index contributed by atoms with van der Waals surface area (Å²) in [6.45, 7) is 4.53. The number of halogens is 2. The van der Waals surface area contributed by atoms with Crippen LogP contribution in [-0.2, 0) is 19.1 Å². The lowest BCUT2D eigenvalue weighted by Crippen LogP contribution is -2.41. The van der Waals surface area contributed by atoms with Crippen molar-refractivity contribution < 1.29 is 27.8 Å². The van der Waals surface area contributed by atoms with Crippen molar-refractivity contribution in [2.24, 2.45) is 0 Å². The largest absolute Gasteiger partial charge is 0.465 e. The summed E-state index contributed by atoms with van der Waals surface area (Å²) in [5.41, 5.74) is 0. The molecule has 19 heavy (non-hydrogen) atoms. The van der Waals surface area contributed by atoms with Crippen molar-refractivity contribution in [3.63, 3.8) is 0 Å². The van der Waals surface area contributed by atoms with Crippen molar-refractivity contribution >= 4 is 11.9 Å². The number of hydrogen-bond donors (Lipinski definition) is 0. The zero-order valence-corrected chi connectivity index (χ0v) is 11.5. The fourth-order valence-electron chi connectivity index (χ4n) is 1.38. The van der Waals surface area contributed by atoms with Crippen LogP contribution in [-0.4, -0.2) is 55.6 Å². The van der Waals surface area contributed by atoms with Crippen LogP contribution in [0.15, 0.2) is 0 Å². The van der Waals surface area contributed by atoms with E-state index in [1.165, 1.54) is 4.90 Å². The summed E-state index contributed by atoms with van der Waals surface area (Å²) < 4.78 is 33.0. The minimum Gasteiger partial charge on any atom is -0.465 e. The number of carbonyl (C=O) groups excluding carboxylic acids is 2. The van der Waals surface area contributed by atoms with Gasteiger partial charge in [0.2, 0.25) is 5.91 Å². The van der Waals surface area contributed by atoms with Gasteiger partial charge in [-0.15, -0.1) is 0 Å². The number of nitrogens with zero attached hydrogens (tertiary/aromatic N) is 1. The highest BCUT2D eigenvalue weighted by atomic mass is 19.3. The number of amides is 1. The number of esters is 1. The molecule has 0 radical (unpaired) electrons. The first-order valence-electron chi connectivity index (χ1n) is 6.19. The molecule has 0 N–H and O–H groups in total. The van der Waals surface area contributed by atoms with Crippen LogP contribution >= 0.6 is 0 Å². The molecule has 7 heteroatoms. The SMILES string of the molecule is CCOC(=O)CN(C(=O)CCOCC(F)F)C(C)C. The van der Waals surface area contributed by atoms with Gasteiger partial charge in [-0.3, -0.25) is 9.59 Å². The fraction of sp³-hybridized carbons (Fsp3) is 0.833. The van der Waals surface area contributed by atoms with Crippen molar-refractivity contribution in [3.05, 3.63) is 0 Å². The maximum atomic E-state index is 11.8. The Hall–Kier alpha value is -1.24. The minimum atomic E-state index is -2.55. The van der Waals surface area contributed by atoms with E-state index in [9.17, 15) is 18.4 Å². The third-order valence-electron chi connectivity index (χ3n) is 2.25. The molecule has 0 bridgehead atoms. The number of rotatable bonds is 9. The Morgan fingerprint density at radius 3 is 2.37 bits per heavy atom. The molecule has 112 valence electrons. The lowest BCUT2D eigenvalue weighted by Gasteiger charge is -2.25. The summed E-state index contributed by atoms with van der Waals surface area (Å²) in [6, 6.07) is -0.174. The van der Waals surface area contributed by atoms with E-state index < -0.39 is 19.0 Å². The molecule has 0 heterocycles. The fourth-order valence-corrected chi connectivity index (χ4v) is 1.38. The van der Waals surface area contributed by atoms with Crippen LogP contribution in [0.2, 0.25) is 0 Å². The summed E-state index contributed by atoms with van der Waals surface area (Å²) in [4.78, 5) is 24.5. The summed E-state index contributed by atoms with van der Waals surface area (Å²) in [5.74, 6) is -0.810. The first kappa shape index (κ1) is 17.8. The van der Waals surface area contributed by atoms with Crippen molar-refractivity contribution in [1.82, 2.24) is 4.90 Å². The molecule has 0 spiro atoms. The lowest BCUT2D eigenvalue weighted by atomic mass is 10.2. The lowest BCUT2D eigenvalue weighted by molar-refractivity contribution is -0.150. The van der Waals surface area contributed by atoms with E-state index in [4.69, 9.17) is 4.74 Å². The van der Waals surface area contributed by atoms with Crippen LogP contribution in [0, 0.1) is 0 Å². The average Bonchev–Trinajstić information content (AvgIpc) is 2.31. The maximum Gasteiger partial charge on any atom is 0.325 e. The number of alkyl halides is 2. The van der Waals surface area contributed by atoms with Crippen LogP contribution in [0.3, 0.4) is 0 Å². The molecular formula is C12H21F2NO4. The molecule has 0 saturated carbocycles. The van der Waals surface area contributed by atoms with Gasteiger partial charge in [0.05, 0.1) is 19.6 Å². The monoisotopic (exact) mass is 281 g/mol. The second-order valence-electron chi connectivity index (χ2n) is 4.14. The molecule has 0 aliphatic rings. The topological polar surface area (TPSA) is 55.8 Å². The first-order valence-corrected chi connectivity index (χ1v) is 6.19. The van der Waals surface area contributed by atoms with E-state index >= 15 is 0 Å². The van der Waals surface area contributed by atoms with Crippen molar-refractivity contribution in [2.45, 2.75) is 39.7 Å². The van der Waals surface area contributed by atoms with Crippen molar-refractivity contribution in [3.8, 4) is 0 Å². The van der Waals surface area contributed by atoms with Crippen LogP contribution in [0.4, 0.5) is 8.78 Å². The zero-order valence-electron chi connectivity index (χ0n) is 11.5. The van der Waals surface area contributed by atoms with E-state index in [1.807, 2.05) is 0 Å². The Kier molecular flexibility index (Phi) is 9.03. The molecular weight excluding hydrogens is 260 g/mol. The normalized spacial score (nSPS) is 10.9. The summed E-state index contributed by atoms with van der Waals surface area (Å²) in [6.07, 6.45) is -2.58. The molecule has 0 rings (SSSR count). The third kappa shape index (κ3) is 8.47. The molecule has 0 atom stereocenters. The molecule has 0 aromatic rings. The van der Waals surface area contributed by atoms with Gasteiger partial charge in [0.1, 0.15) is 13.2 Å². The van der Waals surface area contributed by atoms with Crippen molar-refractivity contribution in [2.75, 3.05) is 26.4 Å². The number of hydrogen-bond acceptors (Lipinski definition) is 4. The van der Waals surface area contributed by atoms with Gasteiger partial charge in [-0.05, 0) is 20.8 Å². The molecule has 0 aliphatic carbocycles. The standard InChI is InChI=1S/C12H21F2NO4/c1-4-19-12(17)7-15(9(2)3)11(16)5-6-18-8-10(13)14/h9-10H,4-8H2,1-3H3. The van der Waals surface area contributed by atoms with Crippen LogP contribution in [0.1, 0.15) is 27.2 Å². The van der Waals surface area contributed by atoms with Crippen molar-refractivity contribution in [1.29, 1.82) is 0 Å². The molecule has 0 aromatic carbocycles. The quantitative estimate of drug-likeness (QED) is 0.474. The van der Waals surface area contributed by atoms with E-state index in [2.05, 4.69) is 4.74 Å². The van der Waals surface area contributed by atoms with Gasteiger partial charge >= 0.3 is 5.97 Å². The van der Waals surface area contributed by atoms with Gasteiger partial charge in [0.25, 0.3) is 6.43 Å². The van der Waals surface area contributed by atoms with E-state index in [-0.39, 0.29) is 38.1 Å². The van der Waals surface area contributed by atoms with Gasteiger partial charge in [-0.1, -0.05) is 0 Å². The molecule has 0 unspecified atom stereocenters. The van der Waals surface area contributed by atoms with Gasteiger partial charge in [-0.2, -0.15) is 0 Å². The Balaban J connectivity index is 4.15. The highest BCUT2D eigenvalue weighted by molar-refractivity contribution is 5.82. The zero-order chi connectivity index (χ0) is 14.8. The number of carbonyl (C=O) groups is 2. The maximum absolute atomic E-state index is 11.8. The highest BCUT2D eigenvalue weighted by Crippen LogP contribution is 2.03. The van der Waals surface area contributed by atoms with E-state index in [0.717, 1.165) is 0 Å². The Morgan fingerprint density at radius 1 is 1.26 bits per heavy atom. The molecule has 0 aliphatic heterocycles. The van der Waals surface area contributed by atoms with Gasteiger partial charge in [0, 0.05) is 6.04 Å². The Morgan fingerprint density at radius 2 is 1.89 bits per heavy atom. The summed E-state index contributed by atoms with van der Waals surface area (Å²) in [7, 11) is 0. The Bertz CT molecular complexity index is 285. The first-order chi connectivity index (χ1) is 8.88. The molecule has 0 aromatic heterocycles. The predicted molar refractivity (Wildman–Crippen MR) is 64.9 cm³/mol. The van der Waals surface area contributed by atoms with Crippen LogP contribution in [0.5, 0.6) is 0 Å². The minimum absolute atomic E-state index is 0.0374. The second kappa shape index (κ2) is 9.66. The highest BCUT2D eigenvalue weighted by Gasteiger charge is 2.20. The predicted octanol–water partition coefficient (Wildman–Crippen LogP) is 1.46. The average molecular weight is 281 g/mol. The second-order valence-corrected chi connectivity index (χ2v) is 4.14. The van der Waals surface area contributed by atoms with Gasteiger partial charge < -0.3 is 14.4 Å². The Labute approximate surface area is 111 Å². The third-order valence-corrected chi connectivity index (χ3v) is 2.25. The molecule has 0 saturated heterocycles. The van der Waals surface area contributed by atoms with Crippen LogP contribution < -0.4 is 0 Å².